The van der Waals surface area contributed by atoms with Gasteiger partial charge in [-0.15, -0.1) is 11.3 Å². The second-order valence-corrected chi connectivity index (χ2v) is 5.39. The molecule has 0 spiro atoms. The summed E-state index contributed by atoms with van der Waals surface area (Å²) in [4.78, 5) is 17.2. The summed E-state index contributed by atoms with van der Waals surface area (Å²) in [5, 5.41) is 5.01. The van der Waals surface area contributed by atoms with E-state index in [9.17, 15) is 4.79 Å². The van der Waals surface area contributed by atoms with Gasteiger partial charge in [0.25, 0.3) is 0 Å². The Morgan fingerprint density at radius 3 is 2.89 bits per heavy atom. The van der Waals surface area contributed by atoms with E-state index in [4.69, 9.17) is 0 Å². The number of carbonyl (C=O) groups is 1. The smallest absolute Gasteiger partial charge is 0.220 e. The third-order valence-corrected chi connectivity index (χ3v) is 3.77. The number of hydrogen-bond acceptors (Lipinski definition) is 3. The van der Waals surface area contributed by atoms with Gasteiger partial charge in [-0.05, 0) is 36.4 Å². The summed E-state index contributed by atoms with van der Waals surface area (Å²) in [5.74, 6) is 0.132. The molecule has 0 aliphatic carbocycles. The van der Waals surface area contributed by atoms with Gasteiger partial charge >= 0.3 is 0 Å². The van der Waals surface area contributed by atoms with Gasteiger partial charge in [-0.1, -0.05) is 12.1 Å². The minimum atomic E-state index is 0.132. The second-order valence-electron chi connectivity index (χ2n) is 4.35. The highest BCUT2D eigenvalue weighted by Gasteiger charge is 2.02. The Balaban J connectivity index is 1.57. The summed E-state index contributed by atoms with van der Waals surface area (Å²) < 4.78 is 0. The lowest BCUT2D eigenvalue weighted by atomic mass is 10.2. The molecule has 3 nitrogen and oxygen atoms in total. The summed E-state index contributed by atoms with van der Waals surface area (Å²) in [6.45, 7) is 0.662. The van der Waals surface area contributed by atoms with E-state index in [2.05, 4.69) is 21.7 Å². The molecular formula is C15H18N2OS. The van der Waals surface area contributed by atoms with Crippen molar-refractivity contribution in [1.29, 1.82) is 0 Å². The normalized spacial score (nSPS) is 10.3. The number of nitrogens with zero attached hydrogens (tertiary/aromatic N) is 1. The lowest BCUT2D eigenvalue weighted by molar-refractivity contribution is -0.121. The predicted octanol–water partition coefficient (Wildman–Crippen LogP) is 2.82. The Bertz CT molecular complexity index is 482. The van der Waals surface area contributed by atoms with Crippen LogP contribution < -0.4 is 5.32 Å². The van der Waals surface area contributed by atoms with Gasteiger partial charge in [0, 0.05) is 36.2 Å². The number of aryl methyl sites for hydroxylation is 1. The molecule has 0 unspecified atom stereocenters. The summed E-state index contributed by atoms with van der Waals surface area (Å²) >= 11 is 1.75. The van der Waals surface area contributed by atoms with Crippen molar-refractivity contribution in [2.75, 3.05) is 6.54 Å². The molecule has 0 aliphatic heterocycles. The van der Waals surface area contributed by atoms with E-state index in [1.807, 2.05) is 24.3 Å². The first kappa shape index (κ1) is 13.7. The number of carbonyl (C=O) groups excluding carboxylic acids is 1. The molecular weight excluding hydrogens is 256 g/mol. The molecule has 2 heterocycles. The zero-order valence-corrected chi connectivity index (χ0v) is 11.7. The van der Waals surface area contributed by atoms with Crippen LogP contribution in [0.15, 0.2) is 41.9 Å². The molecule has 100 valence electrons. The zero-order valence-electron chi connectivity index (χ0n) is 10.8. The average Bonchev–Trinajstić information content (AvgIpc) is 2.93. The highest BCUT2D eigenvalue weighted by Crippen LogP contribution is 2.11. The minimum absolute atomic E-state index is 0.132. The Morgan fingerprint density at radius 2 is 2.16 bits per heavy atom. The fourth-order valence-electron chi connectivity index (χ4n) is 1.84. The van der Waals surface area contributed by atoms with Crippen LogP contribution in [0.5, 0.6) is 0 Å². The third-order valence-electron chi connectivity index (χ3n) is 2.84. The Hall–Kier alpha value is -1.68. The summed E-state index contributed by atoms with van der Waals surface area (Å²) in [6, 6.07) is 10.00. The Morgan fingerprint density at radius 1 is 1.21 bits per heavy atom. The highest BCUT2D eigenvalue weighted by atomic mass is 32.1. The number of hydrogen-bond donors (Lipinski definition) is 1. The molecule has 19 heavy (non-hydrogen) atoms. The van der Waals surface area contributed by atoms with Gasteiger partial charge in [0.15, 0.2) is 0 Å². The van der Waals surface area contributed by atoms with Gasteiger partial charge in [0.1, 0.15) is 0 Å². The van der Waals surface area contributed by atoms with Gasteiger partial charge in [-0.25, -0.2) is 0 Å². The third kappa shape index (κ3) is 5.22. The van der Waals surface area contributed by atoms with Crippen LogP contribution in [0, 0.1) is 0 Å². The van der Waals surface area contributed by atoms with Crippen molar-refractivity contribution in [3.05, 3.63) is 52.5 Å². The van der Waals surface area contributed by atoms with Gasteiger partial charge in [-0.3, -0.25) is 9.78 Å². The standard InChI is InChI=1S/C15H18N2OS/c18-15(8-3-6-14-7-4-12-19-14)17-11-9-13-5-1-2-10-16-13/h1-2,4-5,7,10,12H,3,6,8-9,11H2,(H,17,18). The first-order valence-corrected chi connectivity index (χ1v) is 7.41. The van der Waals surface area contributed by atoms with Gasteiger partial charge in [0.2, 0.25) is 5.91 Å². The SMILES string of the molecule is O=C(CCCc1cccs1)NCCc1ccccn1. The van der Waals surface area contributed by atoms with E-state index in [0.29, 0.717) is 13.0 Å². The molecule has 0 atom stereocenters. The molecule has 0 radical (unpaired) electrons. The maximum Gasteiger partial charge on any atom is 0.220 e. The Labute approximate surface area is 117 Å². The summed E-state index contributed by atoms with van der Waals surface area (Å²) in [7, 11) is 0. The van der Waals surface area contributed by atoms with Crippen LogP contribution in [-0.2, 0) is 17.6 Å². The van der Waals surface area contributed by atoms with Gasteiger partial charge < -0.3 is 5.32 Å². The van der Waals surface area contributed by atoms with Crippen molar-refractivity contribution in [2.45, 2.75) is 25.7 Å². The summed E-state index contributed by atoms with van der Waals surface area (Å²) in [5.41, 5.74) is 1.02. The van der Waals surface area contributed by atoms with Crippen LogP contribution in [-0.4, -0.2) is 17.4 Å². The second kappa shape index (κ2) is 7.69. The molecule has 0 aromatic carbocycles. The Kier molecular flexibility index (Phi) is 5.56. The highest BCUT2D eigenvalue weighted by molar-refractivity contribution is 7.09. The zero-order chi connectivity index (χ0) is 13.3. The lowest BCUT2D eigenvalue weighted by Crippen LogP contribution is -2.25. The molecule has 2 aromatic rings. The van der Waals surface area contributed by atoms with E-state index in [1.54, 1.807) is 17.5 Å². The monoisotopic (exact) mass is 274 g/mol. The van der Waals surface area contributed by atoms with Crippen molar-refractivity contribution in [2.24, 2.45) is 0 Å². The van der Waals surface area contributed by atoms with Crippen molar-refractivity contribution in [1.82, 2.24) is 10.3 Å². The molecule has 2 aromatic heterocycles. The van der Waals surface area contributed by atoms with Crippen LogP contribution in [0.4, 0.5) is 0 Å². The minimum Gasteiger partial charge on any atom is -0.356 e. The molecule has 1 amide bonds. The average molecular weight is 274 g/mol. The topological polar surface area (TPSA) is 42.0 Å². The van der Waals surface area contributed by atoms with Crippen LogP contribution >= 0.6 is 11.3 Å². The first-order chi connectivity index (χ1) is 9.34. The van der Waals surface area contributed by atoms with Crippen molar-refractivity contribution in [3.63, 3.8) is 0 Å². The van der Waals surface area contributed by atoms with Crippen LogP contribution in [0.25, 0.3) is 0 Å². The molecule has 4 heteroatoms. The maximum atomic E-state index is 11.6. The largest absolute Gasteiger partial charge is 0.356 e. The van der Waals surface area contributed by atoms with Crippen molar-refractivity contribution < 1.29 is 4.79 Å². The number of amides is 1. The van der Waals surface area contributed by atoms with Gasteiger partial charge in [0.05, 0.1) is 0 Å². The number of thiophene rings is 1. The molecule has 1 N–H and O–H groups in total. The first-order valence-electron chi connectivity index (χ1n) is 6.53. The maximum absolute atomic E-state index is 11.6. The molecule has 0 bridgehead atoms. The van der Waals surface area contributed by atoms with Gasteiger partial charge in [-0.2, -0.15) is 0 Å². The van der Waals surface area contributed by atoms with E-state index in [1.165, 1.54) is 4.88 Å². The molecule has 0 fully saturated rings. The van der Waals surface area contributed by atoms with Crippen molar-refractivity contribution >= 4 is 17.2 Å². The van der Waals surface area contributed by atoms with Crippen LogP contribution in [0.2, 0.25) is 0 Å². The van der Waals surface area contributed by atoms with Crippen LogP contribution in [0.3, 0.4) is 0 Å². The van der Waals surface area contributed by atoms with E-state index >= 15 is 0 Å². The van der Waals surface area contributed by atoms with Crippen LogP contribution in [0.1, 0.15) is 23.4 Å². The molecule has 0 aliphatic rings. The predicted molar refractivity (Wildman–Crippen MR) is 78.2 cm³/mol. The quantitative estimate of drug-likeness (QED) is 0.843. The lowest BCUT2D eigenvalue weighted by Gasteiger charge is -2.04. The van der Waals surface area contributed by atoms with Crippen molar-refractivity contribution in [3.8, 4) is 0 Å². The molecule has 0 saturated heterocycles. The number of pyridine rings is 1. The number of rotatable bonds is 7. The number of aromatic nitrogens is 1. The summed E-state index contributed by atoms with van der Waals surface area (Å²) in [6.07, 6.45) is 5.07. The fraction of sp³-hybridized carbons (Fsp3) is 0.333. The fourth-order valence-corrected chi connectivity index (χ4v) is 2.59. The molecule has 2 rings (SSSR count). The van der Waals surface area contributed by atoms with E-state index in [-0.39, 0.29) is 5.91 Å². The van der Waals surface area contributed by atoms with E-state index in [0.717, 1.165) is 25.0 Å². The molecule has 0 saturated carbocycles. The number of nitrogens with one attached hydrogen (secondary N) is 1. The van der Waals surface area contributed by atoms with E-state index < -0.39 is 0 Å².